The highest BCUT2D eigenvalue weighted by atomic mass is 32.2. The Balaban J connectivity index is 1.94. The summed E-state index contributed by atoms with van der Waals surface area (Å²) in [6.45, 7) is 0.526. The quantitative estimate of drug-likeness (QED) is 0.938. The molecule has 0 unspecified atom stereocenters. The fourth-order valence-electron chi connectivity index (χ4n) is 2.84. The number of hydrogen-bond donors (Lipinski definition) is 1. The van der Waals surface area contributed by atoms with Crippen molar-refractivity contribution in [2.45, 2.75) is 30.2 Å². The monoisotopic (exact) mass is 321 g/mol. The number of rotatable bonds is 4. The van der Waals surface area contributed by atoms with Crippen molar-refractivity contribution in [2.24, 2.45) is 0 Å². The van der Waals surface area contributed by atoms with E-state index < -0.39 is 10.0 Å². The van der Waals surface area contributed by atoms with E-state index in [1.54, 1.807) is 41.9 Å². The zero-order valence-electron chi connectivity index (χ0n) is 12.4. The molecular formula is C15H19N3O3S. The number of methoxy groups -OCH3 is 1. The van der Waals surface area contributed by atoms with Crippen LogP contribution in [0.15, 0.2) is 41.4 Å². The Morgan fingerprint density at radius 3 is 2.64 bits per heavy atom. The Hall–Kier alpha value is -1.86. The molecule has 0 bridgehead atoms. The number of ether oxygens (including phenoxy) is 1. The van der Waals surface area contributed by atoms with Crippen molar-refractivity contribution in [3.63, 3.8) is 0 Å². The highest BCUT2D eigenvalue weighted by molar-refractivity contribution is 7.89. The second kappa shape index (κ2) is 6.10. The molecule has 2 aromatic rings. The van der Waals surface area contributed by atoms with Crippen LogP contribution in [0.5, 0.6) is 5.75 Å². The lowest BCUT2D eigenvalue weighted by Crippen LogP contribution is -2.38. The summed E-state index contributed by atoms with van der Waals surface area (Å²) >= 11 is 0. The fourth-order valence-corrected chi connectivity index (χ4v) is 4.51. The summed E-state index contributed by atoms with van der Waals surface area (Å²) in [5.41, 5.74) is 0.844. The van der Waals surface area contributed by atoms with Gasteiger partial charge in [0.05, 0.1) is 23.7 Å². The molecule has 1 atom stereocenters. The molecule has 22 heavy (non-hydrogen) atoms. The van der Waals surface area contributed by atoms with Crippen molar-refractivity contribution in [3.8, 4) is 5.75 Å². The van der Waals surface area contributed by atoms with E-state index in [0.29, 0.717) is 17.2 Å². The molecule has 0 radical (unpaired) electrons. The van der Waals surface area contributed by atoms with Crippen LogP contribution < -0.4 is 4.74 Å². The first kappa shape index (κ1) is 15.1. The molecule has 2 heterocycles. The van der Waals surface area contributed by atoms with Gasteiger partial charge >= 0.3 is 0 Å². The third-order valence-corrected chi connectivity index (χ3v) is 5.92. The van der Waals surface area contributed by atoms with Crippen molar-refractivity contribution in [3.05, 3.63) is 42.2 Å². The number of sulfonamides is 1. The largest absolute Gasteiger partial charge is 0.497 e. The zero-order valence-corrected chi connectivity index (χ0v) is 13.2. The van der Waals surface area contributed by atoms with Gasteiger partial charge in [-0.3, -0.25) is 5.10 Å². The van der Waals surface area contributed by atoms with E-state index in [-0.39, 0.29) is 6.04 Å². The van der Waals surface area contributed by atoms with Gasteiger partial charge < -0.3 is 4.74 Å². The van der Waals surface area contributed by atoms with Gasteiger partial charge in [-0.25, -0.2) is 8.42 Å². The van der Waals surface area contributed by atoms with Crippen LogP contribution >= 0.6 is 0 Å². The van der Waals surface area contributed by atoms with Crippen LogP contribution in [0.4, 0.5) is 0 Å². The van der Waals surface area contributed by atoms with E-state index in [4.69, 9.17) is 4.74 Å². The highest BCUT2D eigenvalue weighted by Gasteiger charge is 2.35. The lowest BCUT2D eigenvalue weighted by Gasteiger charge is -2.34. The predicted molar refractivity (Wildman–Crippen MR) is 82.1 cm³/mol. The molecule has 0 saturated carbocycles. The molecule has 1 fully saturated rings. The molecule has 1 saturated heterocycles. The Labute approximate surface area is 130 Å². The summed E-state index contributed by atoms with van der Waals surface area (Å²) in [6, 6.07) is 8.18. The van der Waals surface area contributed by atoms with Crippen LogP contribution in [0.2, 0.25) is 0 Å². The molecule has 1 aliphatic rings. The number of hydrogen-bond acceptors (Lipinski definition) is 4. The van der Waals surface area contributed by atoms with Gasteiger partial charge in [-0.2, -0.15) is 9.40 Å². The normalized spacial score (nSPS) is 20.0. The molecule has 7 heteroatoms. The fraction of sp³-hybridized carbons (Fsp3) is 0.400. The zero-order chi connectivity index (χ0) is 15.6. The molecule has 3 rings (SSSR count). The molecule has 118 valence electrons. The number of nitrogens with zero attached hydrogens (tertiary/aromatic N) is 2. The van der Waals surface area contributed by atoms with Crippen molar-refractivity contribution < 1.29 is 13.2 Å². The number of benzene rings is 1. The second-order valence-corrected chi connectivity index (χ2v) is 7.21. The smallest absolute Gasteiger partial charge is 0.243 e. The molecule has 1 aliphatic heterocycles. The number of aromatic amines is 1. The van der Waals surface area contributed by atoms with Gasteiger partial charge in [0.25, 0.3) is 0 Å². The molecule has 1 N–H and O–H groups in total. The van der Waals surface area contributed by atoms with Crippen molar-refractivity contribution in [1.29, 1.82) is 0 Å². The summed E-state index contributed by atoms with van der Waals surface area (Å²) in [5, 5.41) is 6.85. The summed E-state index contributed by atoms with van der Waals surface area (Å²) in [7, 11) is -1.97. The first-order chi connectivity index (χ1) is 10.6. The molecule has 1 aromatic carbocycles. The van der Waals surface area contributed by atoms with E-state index in [2.05, 4.69) is 10.2 Å². The first-order valence-electron chi connectivity index (χ1n) is 7.28. The molecular weight excluding hydrogens is 302 g/mol. The average molecular weight is 321 g/mol. The van der Waals surface area contributed by atoms with Gasteiger partial charge in [0, 0.05) is 12.7 Å². The minimum Gasteiger partial charge on any atom is -0.497 e. The Kier molecular flexibility index (Phi) is 4.17. The third-order valence-electron chi connectivity index (χ3n) is 4.00. The Morgan fingerprint density at radius 2 is 2.00 bits per heavy atom. The topological polar surface area (TPSA) is 75.3 Å². The Morgan fingerprint density at radius 1 is 1.23 bits per heavy atom. The van der Waals surface area contributed by atoms with Crippen molar-refractivity contribution >= 4 is 10.0 Å². The molecule has 0 amide bonds. The molecule has 0 aliphatic carbocycles. The van der Waals surface area contributed by atoms with Crippen molar-refractivity contribution in [1.82, 2.24) is 14.5 Å². The number of H-pyrrole nitrogens is 1. The number of nitrogens with one attached hydrogen (secondary N) is 1. The first-order valence-corrected chi connectivity index (χ1v) is 8.72. The predicted octanol–water partition coefficient (Wildman–Crippen LogP) is 2.33. The highest BCUT2D eigenvalue weighted by Crippen LogP contribution is 2.34. The van der Waals surface area contributed by atoms with Gasteiger partial charge in [-0.1, -0.05) is 6.42 Å². The Bertz CT molecular complexity index is 711. The van der Waals surface area contributed by atoms with Crippen LogP contribution in [0.25, 0.3) is 0 Å². The van der Waals surface area contributed by atoms with Crippen LogP contribution in [-0.4, -0.2) is 36.6 Å². The maximum Gasteiger partial charge on any atom is 0.243 e. The lowest BCUT2D eigenvalue weighted by atomic mass is 10.0. The lowest BCUT2D eigenvalue weighted by molar-refractivity contribution is 0.251. The third kappa shape index (κ3) is 2.74. The van der Waals surface area contributed by atoms with Crippen LogP contribution in [0, 0.1) is 0 Å². The van der Waals surface area contributed by atoms with Gasteiger partial charge in [0.1, 0.15) is 5.75 Å². The van der Waals surface area contributed by atoms with Gasteiger partial charge in [0.2, 0.25) is 10.0 Å². The van der Waals surface area contributed by atoms with Gasteiger partial charge in [-0.15, -0.1) is 0 Å². The maximum absolute atomic E-state index is 12.9. The molecule has 0 spiro atoms. The summed E-state index contributed by atoms with van der Waals surface area (Å²) in [5.74, 6) is 0.641. The summed E-state index contributed by atoms with van der Waals surface area (Å²) in [4.78, 5) is 0.291. The summed E-state index contributed by atoms with van der Waals surface area (Å²) in [6.07, 6.45) is 4.35. The van der Waals surface area contributed by atoms with E-state index in [1.165, 1.54) is 0 Å². The second-order valence-electron chi connectivity index (χ2n) is 5.31. The van der Waals surface area contributed by atoms with Crippen LogP contribution in [0.1, 0.15) is 31.0 Å². The number of piperidine rings is 1. The maximum atomic E-state index is 12.9. The molecule has 1 aromatic heterocycles. The van der Waals surface area contributed by atoms with E-state index in [9.17, 15) is 8.42 Å². The van der Waals surface area contributed by atoms with Crippen molar-refractivity contribution in [2.75, 3.05) is 13.7 Å². The minimum absolute atomic E-state index is 0.177. The van der Waals surface area contributed by atoms with Crippen LogP contribution in [-0.2, 0) is 10.0 Å². The number of aromatic nitrogens is 2. The average Bonchev–Trinajstić information content (AvgIpc) is 3.09. The summed E-state index contributed by atoms with van der Waals surface area (Å²) < 4.78 is 32.5. The van der Waals surface area contributed by atoms with E-state index in [0.717, 1.165) is 25.0 Å². The minimum atomic E-state index is -3.53. The molecule has 6 nitrogen and oxygen atoms in total. The van der Waals surface area contributed by atoms with Gasteiger partial charge in [0.15, 0.2) is 0 Å². The SMILES string of the molecule is COc1ccc(S(=O)(=O)N2CCCC[C@@H]2c2ccn[nH]2)cc1. The van der Waals surface area contributed by atoms with E-state index in [1.807, 2.05) is 6.07 Å². The van der Waals surface area contributed by atoms with Crippen LogP contribution in [0.3, 0.4) is 0 Å². The van der Waals surface area contributed by atoms with Gasteiger partial charge in [-0.05, 0) is 43.2 Å². The standard InChI is InChI=1S/C15H19N3O3S/c1-21-12-5-7-13(8-6-12)22(19,20)18-11-3-2-4-15(18)14-9-10-16-17-14/h5-10,15H,2-4,11H2,1H3,(H,16,17)/t15-/m1/s1. The van der Waals surface area contributed by atoms with E-state index >= 15 is 0 Å².